The van der Waals surface area contributed by atoms with E-state index in [4.69, 9.17) is 0 Å². The first-order chi connectivity index (χ1) is 11.7. The molecule has 4 heterocycles. The molecule has 2 saturated heterocycles. The maximum atomic E-state index is 11.7. The number of amides is 1. The number of nitrogens with one attached hydrogen (secondary N) is 2. The van der Waals surface area contributed by atoms with Gasteiger partial charge in [0.15, 0.2) is 5.82 Å². The van der Waals surface area contributed by atoms with Crippen LogP contribution in [0, 0.1) is 11.3 Å². The average Bonchev–Trinajstić information content (AvgIpc) is 3.00. The second-order valence-electron chi connectivity index (χ2n) is 7.47. The Kier molecular flexibility index (Phi) is 2.95. The SMILES string of the molecule is O=C1CC2(CCN(c3nnc(-c4ccn[nH]4)n3CC3CC3)C2)CN1. The standard InChI is InChI=1S/C16H21N7O/c24-13-7-16(9-17-13)4-6-22(10-16)15-21-20-14(12-3-5-18-19-12)23(15)8-11-1-2-11/h3,5,11H,1-2,4,6-10H2,(H,17,24)(H,18,19). The van der Waals surface area contributed by atoms with Gasteiger partial charge in [-0.3, -0.25) is 14.5 Å². The number of anilines is 1. The lowest BCUT2D eigenvalue weighted by Gasteiger charge is -2.23. The van der Waals surface area contributed by atoms with Crippen LogP contribution in [0.25, 0.3) is 11.5 Å². The van der Waals surface area contributed by atoms with Crippen molar-refractivity contribution in [3.05, 3.63) is 12.3 Å². The number of nitrogens with zero attached hydrogens (tertiary/aromatic N) is 5. The first-order valence-electron chi connectivity index (χ1n) is 8.67. The van der Waals surface area contributed by atoms with Gasteiger partial charge in [0.1, 0.15) is 5.69 Å². The maximum Gasteiger partial charge on any atom is 0.227 e. The summed E-state index contributed by atoms with van der Waals surface area (Å²) >= 11 is 0. The molecule has 3 fully saturated rings. The molecule has 0 bridgehead atoms. The van der Waals surface area contributed by atoms with Crippen LogP contribution in [0.5, 0.6) is 0 Å². The molecular weight excluding hydrogens is 306 g/mol. The number of aromatic nitrogens is 5. The van der Waals surface area contributed by atoms with Crippen molar-refractivity contribution >= 4 is 11.9 Å². The number of carbonyl (C=O) groups is 1. The molecule has 8 heteroatoms. The van der Waals surface area contributed by atoms with Gasteiger partial charge in [0.2, 0.25) is 11.9 Å². The molecule has 1 spiro atoms. The molecule has 2 N–H and O–H groups in total. The van der Waals surface area contributed by atoms with Gasteiger partial charge in [-0.2, -0.15) is 5.10 Å². The van der Waals surface area contributed by atoms with Crippen LogP contribution in [0.15, 0.2) is 12.3 Å². The monoisotopic (exact) mass is 327 g/mol. The summed E-state index contributed by atoms with van der Waals surface area (Å²) in [6, 6.07) is 1.93. The highest BCUT2D eigenvalue weighted by molar-refractivity contribution is 5.79. The fraction of sp³-hybridized carbons (Fsp3) is 0.625. The van der Waals surface area contributed by atoms with E-state index in [1.54, 1.807) is 6.20 Å². The quantitative estimate of drug-likeness (QED) is 0.866. The minimum Gasteiger partial charge on any atom is -0.355 e. The van der Waals surface area contributed by atoms with Crippen LogP contribution in [0.2, 0.25) is 0 Å². The summed E-state index contributed by atoms with van der Waals surface area (Å²) in [4.78, 5) is 14.0. The molecule has 3 aliphatic rings. The minimum absolute atomic E-state index is 0.0710. The number of rotatable bonds is 4. The van der Waals surface area contributed by atoms with E-state index < -0.39 is 0 Å². The van der Waals surface area contributed by atoms with E-state index in [-0.39, 0.29) is 11.3 Å². The predicted octanol–water partition coefficient (Wildman–Crippen LogP) is 0.795. The average molecular weight is 327 g/mol. The maximum absolute atomic E-state index is 11.7. The van der Waals surface area contributed by atoms with Gasteiger partial charge in [-0.25, -0.2) is 0 Å². The van der Waals surface area contributed by atoms with Crippen LogP contribution >= 0.6 is 0 Å². The molecule has 24 heavy (non-hydrogen) atoms. The van der Waals surface area contributed by atoms with Gasteiger partial charge in [0.05, 0.1) is 0 Å². The molecule has 1 aliphatic carbocycles. The zero-order valence-electron chi connectivity index (χ0n) is 13.5. The summed E-state index contributed by atoms with van der Waals surface area (Å²) < 4.78 is 2.23. The van der Waals surface area contributed by atoms with Gasteiger partial charge >= 0.3 is 0 Å². The Morgan fingerprint density at radius 3 is 2.96 bits per heavy atom. The highest BCUT2D eigenvalue weighted by atomic mass is 16.1. The summed E-state index contributed by atoms with van der Waals surface area (Å²) in [5.41, 5.74) is 0.975. The Morgan fingerprint density at radius 1 is 1.33 bits per heavy atom. The lowest BCUT2D eigenvalue weighted by molar-refractivity contribution is -0.119. The van der Waals surface area contributed by atoms with Crippen molar-refractivity contribution in [3.63, 3.8) is 0 Å². The molecule has 126 valence electrons. The first-order valence-corrected chi connectivity index (χ1v) is 8.67. The molecule has 0 aromatic carbocycles. The topological polar surface area (TPSA) is 91.7 Å². The Bertz CT molecular complexity index is 763. The van der Waals surface area contributed by atoms with Crippen LogP contribution in [0.1, 0.15) is 25.7 Å². The second-order valence-corrected chi connectivity index (χ2v) is 7.47. The van der Waals surface area contributed by atoms with Gasteiger partial charge in [-0.05, 0) is 31.2 Å². The normalized spacial score (nSPS) is 26.5. The van der Waals surface area contributed by atoms with E-state index in [0.717, 1.165) is 56.0 Å². The Labute approximate surface area is 139 Å². The number of aromatic amines is 1. The summed E-state index contributed by atoms with van der Waals surface area (Å²) in [6.45, 7) is 3.54. The fourth-order valence-electron chi connectivity index (χ4n) is 3.98. The van der Waals surface area contributed by atoms with Crippen LogP contribution in [0.4, 0.5) is 5.95 Å². The minimum atomic E-state index is 0.0710. The van der Waals surface area contributed by atoms with Crippen molar-refractivity contribution in [2.24, 2.45) is 11.3 Å². The highest BCUT2D eigenvalue weighted by Crippen LogP contribution is 2.40. The first kappa shape index (κ1) is 14.0. The molecule has 2 aromatic rings. The smallest absolute Gasteiger partial charge is 0.227 e. The zero-order valence-corrected chi connectivity index (χ0v) is 13.5. The van der Waals surface area contributed by atoms with E-state index in [2.05, 4.69) is 35.2 Å². The molecule has 1 atom stereocenters. The molecule has 8 nitrogen and oxygen atoms in total. The lowest BCUT2D eigenvalue weighted by atomic mass is 9.86. The molecule has 1 saturated carbocycles. The number of hydrogen-bond donors (Lipinski definition) is 2. The highest BCUT2D eigenvalue weighted by Gasteiger charge is 2.45. The third-order valence-electron chi connectivity index (χ3n) is 5.53. The molecule has 5 rings (SSSR count). The van der Waals surface area contributed by atoms with Crippen molar-refractivity contribution in [2.75, 3.05) is 24.5 Å². The van der Waals surface area contributed by atoms with Gasteiger partial charge in [-0.15, -0.1) is 10.2 Å². The van der Waals surface area contributed by atoms with Gasteiger partial charge in [0.25, 0.3) is 0 Å². The van der Waals surface area contributed by atoms with Gasteiger partial charge < -0.3 is 10.2 Å². The molecule has 1 unspecified atom stereocenters. The Hall–Kier alpha value is -2.38. The van der Waals surface area contributed by atoms with Crippen molar-refractivity contribution in [1.82, 2.24) is 30.3 Å². The summed E-state index contributed by atoms with van der Waals surface area (Å²) in [7, 11) is 0. The number of carbonyl (C=O) groups excluding carboxylic acids is 1. The van der Waals surface area contributed by atoms with Crippen LogP contribution in [-0.4, -0.2) is 50.5 Å². The number of H-pyrrole nitrogens is 1. The van der Waals surface area contributed by atoms with E-state index in [1.807, 2.05) is 6.07 Å². The van der Waals surface area contributed by atoms with E-state index in [9.17, 15) is 4.79 Å². The van der Waals surface area contributed by atoms with Crippen molar-refractivity contribution in [3.8, 4) is 11.5 Å². The molecule has 2 aromatic heterocycles. The fourth-order valence-corrected chi connectivity index (χ4v) is 3.98. The number of hydrogen-bond acceptors (Lipinski definition) is 5. The molecule has 1 amide bonds. The summed E-state index contributed by atoms with van der Waals surface area (Å²) in [5, 5.41) is 19.0. The molecule has 2 aliphatic heterocycles. The van der Waals surface area contributed by atoms with Crippen molar-refractivity contribution < 1.29 is 4.79 Å². The van der Waals surface area contributed by atoms with Crippen LogP contribution in [-0.2, 0) is 11.3 Å². The third-order valence-corrected chi connectivity index (χ3v) is 5.53. The third kappa shape index (κ3) is 2.28. The molecular formula is C16H21N7O. The van der Waals surface area contributed by atoms with Gasteiger partial charge in [-0.1, -0.05) is 0 Å². The second kappa shape index (κ2) is 5.06. The van der Waals surface area contributed by atoms with E-state index >= 15 is 0 Å². The Morgan fingerprint density at radius 2 is 2.25 bits per heavy atom. The largest absolute Gasteiger partial charge is 0.355 e. The molecule has 0 radical (unpaired) electrons. The van der Waals surface area contributed by atoms with Gasteiger partial charge in [0, 0.05) is 44.2 Å². The lowest BCUT2D eigenvalue weighted by Crippen LogP contribution is -2.30. The van der Waals surface area contributed by atoms with E-state index in [0.29, 0.717) is 6.42 Å². The van der Waals surface area contributed by atoms with Crippen LogP contribution in [0.3, 0.4) is 0 Å². The predicted molar refractivity (Wildman–Crippen MR) is 87.2 cm³/mol. The van der Waals surface area contributed by atoms with Crippen molar-refractivity contribution in [2.45, 2.75) is 32.2 Å². The summed E-state index contributed by atoms with van der Waals surface area (Å²) in [6.07, 6.45) is 5.96. The Balaban J connectivity index is 1.46. The van der Waals surface area contributed by atoms with Crippen LogP contribution < -0.4 is 10.2 Å². The van der Waals surface area contributed by atoms with Crippen molar-refractivity contribution in [1.29, 1.82) is 0 Å². The van der Waals surface area contributed by atoms with E-state index in [1.165, 1.54) is 12.8 Å². The zero-order chi connectivity index (χ0) is 16.1. The summed E-state index contributed by atoms with van der Waals surface area (Å²) in [5.74, 6) is 2.70.